The minimum Gasteiger partial charge on any atom is -0.493 e. The summed E-state index contributed by atoms with van der Waals surface area (Å²) in [6.07, 6.45) is 7.54. The molecule has 1 fully saturated rings. The molecule has 2 aliphatic rings. The molecule has 8 nitrogen and oxygen atoms in total. The number of fused-ring (bicyclic) bond motifs is 2. The molecule has 0 amide bonds. The molecule has 0 bridgehead atoms. The van der Waals surface area contributed by atoms with E-state index in [-0.39, 0.29) is 12.7 Å². The van der Waals surface area contributed by atoms with Gasteiger partial charge in [0.2, 0.25) is 5.75 Å². The fraction of sp³-hybridized carbons (Fsp3) is 0.320. The summed E-state index contributed by atoms with van der Waals surface area (Å²) in [6.45, 7) is 0.894. The third-order valence-corrected chi connectivity index (χ3v) is 6.18. The van der Waals surface area contributed by atoms with Crippen molar-refractivity contribution in [2.45, 2.75) is 38.0 Å². The molecule has 168 valence electrons. The zero-order chi connectivity index (χ0) is 22.4. The molecule has 0 saturated heterocycles. The first kappa shape index (κ1) is 20.0. The lowest BCUT2D eigenvalue weighted by Gasteiger charge is -2.28. The zero-order valence-electron chi connectivity index (χ0n) is 18.3. The number of aliphatic hydroxyl groups excluding tert-OH is 1. The molecular formula is C25H24N4O4. The van der Waals surface area contributed by atoms with E-state index in [1.165, 1.54) is 12.8 Å². The molecule has 1 atom stereocenters. The lowest BCUT2D eigenvalue weighted by atomic mass is 10.1. The number of nitrogens with zero attached hydrogens (tertiary/aromatic N) is 4. The van der Waals surface area contributed by atoms with Gasteiger partial charge in [-0.15, -0.1) is 0 Å². The lowest BCUT2D eigenvalue weighted by Crippen LogP contribution is -2.22. The molecule has 33 heavy (non-hydrogen) atoms. The number of hydrogen-bond donors (Lipinski definition) is 1. The van der Waals surface area contributed by atoms with Crippen molar-refractivity contribution in [3.63, 3.8) is 0 Å². The van der Waals surface area contributed by atoms with E-state index < -0.39 is 0 Å². The number of pyridine rings is 2. The maximum atomic E-state index is 9.32. The largest absolute Gasteiger partial charge is 0.493 e. The first-order valence-corrected chi connectivity index (χ1v) is 11.1. The highest BCUT2D eigenvalue weighted by Crippen LogP contribution is 2.45. The van der Waals surface area contributed by atoms with Crippen molar-refractivity contribution < 1.29 is 19.3 Å². The molecule has 1 aromatic carbocycles. The first-order valence-electron chi connectivity index (χ1n) is 11.1. The van der Waals surface area contributed by atoms with Crippen LogP contribution in [0.1, 0.15) is 47.2 Å². The van der Waals surface area contributed by atoms with Crippen LogP contribution in [0.3, 0.4) is 0 Å². The average Bonchev–Trinajstić information content (AvgIpc) is 3.65. The predicted octanol–water partition coefficient (Wildman–Crippen LogP) is 3.77. The van der Waals surface area contributed by atoms with E-state index in [0.29, 0.717) is 36.3 Å². The fourth-order valence-electron chi connectivity index (χ4n) is 4.22. The maximum Gasteiger partial charge on any atom is 0.204 e. The van der Waals surface area contributed by atoms with Gasteiger partial charge in [0, 0.05) is 29.6 Å². The summed E-state index contributed by atoms with van der Waals surface area (Å²) < 4.78 is 20.0. The number of aromatic nitrogens is 4. The van der Waals surface area contributed by atoms with Crippen LogP contribution in [-0.2, 0) is 13.2 Å². The first-order chi connectivity index (χ1) is 16.2. The molecular weight excluding hydrogens is 420 g/mol. The molecule has 0 radical (unpaired) electrons. The third kappa shape index (κ3) is 3.76. The topological polar surface area (TPSA) is 91.5 Å². The van der Waals surface area contributed by atoms with Crippen LogP contribution < -0.4 is 14.2 Å². The van der Waals surface area contributed by atoms with Crippen molar-refractivity contribution in [1.82, 2.24) is 19.5 Å². The van der Waals surface area contributed by atoms with Crippen molar-refractivity contribution >= 4 is 11.2 Å². The average molecular weight is 444 g/mol. The van der Waals surface area contributed by atoms with Crippen LogP contribution in [0.25, 0.3) is 11.2 Å². The fourth-order valence-corrected chi connectivity index (χ4v) is 4.22. The standard InChI is InChI=1S/C25H24N4O4/c1-31-21-7-15(11-29-14-28-20-6-16(12-30)9-27-25(20)29)8-22-24(21)33-23(13-32-22)18-4-5-19(26-10-18)17-2-3-17/h4-10,14,17,23,30H,2-3,11-13H2,1H3. The number of methoxy groups -OCH3 is 1. The second-order valence-electron chi connectivity index (χ2n) is 8.55. The van der Waals surface area contributed by atoms with Crippen molar-refractivity contribution in [3.05, 3.63) is 71.4 Å². The van der Waals surface area contributed by atoms with Gasteiger partial charge in [-0.2, -0.15) is 0 Å². The van der Waals surface area contributed by atoms with Gasteiger partial charge in [0.15, 0.2) is 23.3 Å². The zero-order valence-corrected chi connectivity index (χ0v) is 18.3. The molecule has 1 N–H and O–H groups in total. The van der Waals surface area contributed by atoms with Gasteiger partial charge in [-0.05, 0) is 48.2 Å². The Bertz CT molecular complexity index is 1300. The minimum atomic E-state index is -0.236. The van der Waals surface area contributed by atoms with E-state index in [1.54, 1.807) is 19.6 Å². The van der Waals surface area contributed by atoms with Crippen LogP contribution in [0.2, 0.25) is 0 Å². The number of ether oxygens (including phenoxy) is 3. The van der Waals surface area contributed by atoms with Gasteiger partial charge in [-0.25, -0.2) is 9.97 Å². The van der Waals surface area contributed by atoms with Gasteiger partial charge < -0.3 is 23.9 Å². The monoisotopic (exact) mass is 444 g/mol. The summed E-state index contributed by atoms with van der Waals surface area (Å²) >= 11 is 0. The molecule has 1 aliphatic carbocycles. The molecule has 4 aromatic rings. The molecule has 1 unspecified atom stereocenters. The lowest BCUT2D eigenvalue weighted by molar-refractivity contribution is 0.0867. The van der Waals surface area contributed by atoms with E-state index in [1.807, 2.05) is 29.0 Å². The highest BCUT2D eigenvalue weighted by Gasteiger charge is 2.28. The Hall–Kier alpha value is -3.65. The number of aliphatic hydroxyl groups is 1. The third-order valence-electron chi connectivity index (χ3n) is 6.18. The van der Waals surface area contributed by atoms with E-state index >= 15 is 0 Å². The van der Waals surface area contributed by atoms with Crippen molar-refractivity contribution in [2.75, 3.05) is 13.7 Å². The predicted molar refractivity (Wildman–Crippen MR) is 121 cm³/mol. The number of imidazole rings is 1. The Labute approximate surface area is 190 Å². The quantitative estimate of drug-likeness (QED) is 0.484. The summed E-state index contributed by atoms with van der Waals surface area (Å²) in [5.41, 5.74) is 5.37. The number of rotatable bonds is 6. The second kappa shape index (κ2) is 8.04. The second-order valence-corrected chi connectivity index (χ2v) is 8.55. The van der Waals surface area contributed by atoms with Crippen LogP contribution in [0.5, 0.6) is 17.2 Å². The van der Waals surface area contributed by atoms with Gasteiger partial charge in [-0.3, -0.25) is 4.98 Å². The SMILES string of the molecule is COc1cc(Cn2cnc3cc(CO)cnc32)cc2c1OC(c1ccc(C3CC3)nc1)CO2. The van der Waals surface area contributed by atoms with Crippen LogP contribution in [0, 0.1) is 0 Å². The van der Waals surface area contributed by atoms with Crippen LogP contribution in [0.15, 0.2) is 49.1 Å². The van der Waals surface area contributed by atoms with Gasteiger partial charge >= 0.3 is 0 Å². The summed E-state index contributed by atoms with van der Waals surface area (Å²) in [7, 11) is 1.63. The summed E-state index contributed by atoms with van der Waals surface area (Å²) in [4.78, 5) is 13.5. The Morgan fingerprint density at radius 3 is 2.76 bits per heavy atom. The van der Waals surface area contributed by atoms with Gasteiger partial charge in [0.1, 0.15) is 12.1 Å². The molecule has 0 spiro atoms. The van der Waals surface area contributed by atoms with E-state index in [2.05, 4.69) is 27.1 Å². The Balaban J connectivity index is 1.25. The summed E-state index contributed by atoms with van der Waals surface area (Å²) in [5, 5.41) is 9.32. The molecule has 8 heteroatoms. The van der Waals surface area contributed by atoms with Gasteiger partial charge in [-0.1, -0.05) is 6.07 Å². The van der Waals surface area contributed by atoms with Crippen molar-refractivity contribution in [3.8, 4) is 17.2 Å². The molecule has 4 heterocycles. The van der Waals surface area contributed by atoms with E-state index in [9.17, 15) is 5.11 Å². The van der Waals surface area contributed by atoms with Crippen molar-refractivity contribution in [1.29, 1.82) is 0 Å². The molecule has 3 aromatic heterocycles. The maximum absolute atomic E-state index is 9.32. The molecule has 1 saturated carbocycles. The van der Waals surface area contributed by atoms with E-state index in [4.69, 9.17) is 14.2 Å². The number of hydrogen-bond acceptors (Lipinski definition) is 7. The highest BCUT2D eigenvalue weighted by atomic mass is 16.6. The Morgan fingerprint density at radius 1 is 1.09 bits per heavy atom. The van der Waals surface area contributed by atoms with Crippen LogP contribution >= 0.6 is 0 Å². The van der Waals surface area contributed by atoms with E-state index in [0.717, 1.165) is 33.5 Å². The smallest absolute Gasteiger partial charge is 0.204 e. The van der Waals surface area contributed by atoms with Gasteiger partial charge in [0.05, 0.1) is 26.6 Å². The molecule has 1 aliphatic heterocycles. The summed E-state index contributed by atoms with van der Waals surface area (Å²) in [6, 6.07) is 9.94. The Morgan fingerprint density at radius 2 is 2.00 bits per heavy atom. The van der Waals surface area contributed by atoms with Crippen molar-refractivity contribution in [2.24, 2.45) is 0 Å². The Kier molecular flexibility index (Phi) is 4.87. The molecule has 6 rings (SSSR count). The highest BCUT2D eigenvalue weighted by molar-refractivity contribution is 5.71. The minimum absolute atomic E-state index is 0.0587. The van der Waals surface area contributed by atoms with Crippen LogP contribution in [0.4, 0.5) is 0 Å². The number of benzene rings is 1. The van der Waals surface area contributed by atoms with Crippen LogP contribution in [-0.4, -0.2) is 38.3 Å². The normalized spacial score (nSPS) is 17.3. The summed E-state index contributed by atoms with van der Waals surface area (Å²) in [5.74, 6) is 2.50. The van der Waals surface area contributed by atoms with Gasteiger partial charge in [0.25, 0.3) is 0 Å².